The summed E-state index contributed by atoms with van der Waals surface area (Å²) in [7, 11) is 4.18. The summed E-state index contributed by atoms with van der Waals surface area (Å²) in [4.78, 5) is 2.20. The molecule has 102 valence electrons. The van der Waals surface area contributed by atoms with E-state index >= 15 is 0 Å². The van der Waals surface area contributed by atoms with Crippen molar-refractivity contribution in [3.63, 3.8) is 0 Å². The van der Waals surface area contributed by atoms with Crippen LogP contribution in [0.5, 0.6) is 0 Å². The molecule has 1 N–H and O–H groups in total. The first-order chi connectivity index (χ1) is 8.63. The van der Waals surface area contributed by atoms with Gasteiger partial charge in [-0.25, -0.2) is 4.39 Å². The van der Waals surface area contributed by atoms with E-state index in [0.717, 1.165) is 31.5 Å². The molecule has 1 rings (SSSR count). The van der Waals surface area contributed by atoms with E-state index in [0.29, 0.717) is 0 Å². The lowest BCUT2D eigenvalue weighted by atomic mass is 10.0. The Labute approximate surface area is 110 Å². The van der Waals surface area contributed by atoms with Crippen LogP contribution in [0.15, 0.2) is 24.3 Å². The van der Waals surface area contributed by atoms with Gasteiger partial charge in [-0.05, 0) is 64.1 Å². The highest BCUT2D eigenvalue weighted by molar-refractivity contribution is 5.19. The molecule has 0 aromatic heterocycles. The van der Waals surface area contributed by atoms with Crippen LogP contribution in [-0.4, -0.2) is 32.1 Å². The predicted molar refractivity (Wildman–Crippen MR) is 75.2 cm³/mol. The highest BCUT2D eigenvalue weighted by Gasteiger charge is 2.08. The Morgan fingerprint density at radius 1 is 1.28 bits per heavy atom. The van der Waals surface area contributed by atoms with Crippen LogP contribution in [0.1, 0.15) is 37.8 Å². The summed E-state index contributed by atoms with van der Waals surface area (Å²) in [6.07, 6.45) is 3.33. The maximum atomic E-state index is 13.2. The van der Waals surface area contributed by atoms with Crippen molar-refractivity contribution in [1.82, 2.24) is 10.2 Å². The lowest BCUT2D eigenvalue weighted by Crippen LogP contribution is -2.23. The van der Waals surface area contributed by atoms with Crippen LogP contribution < -0.4 is 5.32 Å². The third kappa shape index (κ3) is 5.61. The molecule has 0 radical (unpaired) electrons. The monoisotopic (exact) mass is 252 g/mol. The second-order valence-corrected chi connectivity index (χ2v) is 4.98. The van der Waals surface area contributed by atoms with Gasteiger partial charge in [-0.15, -0.1) is 0 Å². The van der Waals surface area contributed by atoms with E-state index in [2.05, 4.69) is 31.2 Å². The minimum absolute atomic E-state index is 0.152. The van der Waals surface area contributed by atoms with Gasteiger partial charge in [0.2, 0.25) is 0 Å². The summed E-state index contributed by atoms with van der Waals surface area (Å²) in [6, 6.07) is 7.15. The highest BCUT2D eigenvalue weighted by Crippen LogP contribution is 2.17. The molecule has 1 atom stereocenters. The first kappa shape index (κ1) is 15.1. The summed E-state index contributed by atoms with van der Waals surface area (Å²) in [5.41, 5.74) is 1.05. The lowest BCUT2D eigenvalue weighted by molar-refractivity contribution is 0.387. The summed E-state index contributed by atoms with van der Waals surface area (Å²) in [5.74, 6) is -0.152. The molecule has 1 unspecified atom stereocenters. The highest BCUT2D eigenvalue weighted by atomic mass is 19.1. The average molecular weight is 252 g/mol. The van der Waals surface area contributed by atoms with Gasteiger partial charge < -0.3 is 10.2 Å². The molecule has 0 bridgehead atoms. The van der Waals surface area contributed by atoms with E-state index in [-0.39, 0.29) is 11.9 Å². The smallest absolute Gasteiger partial charge is 0.123 e. The molecular formula is C15H25FN2. The zero-order chi connectivity index (χ0) is 13.4. The minimum Gasteiger partial charge on any atom is -0.310 e. The van der Waals surface area contributed by atoms with E-state index in [4.69, 9.17) is 0 Å². The maximum Gasteiger partial charge on any atom is 0.123 e. The topological polar surface area (TPSA) is 15.3 Å². The van der Waals surface area contributed by atoms with E-state index in [9.17, 15) is 4.39 Å². The summed E-state index contributed by atoms with van der Waals surface area (Å²) >= 11 is 0. The van der Waals surface area contributed by atoms with Crippen molar-refractivity contribution in [3.8, 4) is 0 Å². The Hall–Kier alpha value is -0.930. The van der Waals surface area contributed by atoms with Crippen molar-refractivity contribution < 1.29 is 4.39 Å². The van der Waals surface area contributed by atoms with Gasteiger partial charge in [0.25, 0.3) is 0 Å². The minimum atomic E-state index is -0.152. The van der Waals surface area contributed by atoms with E-state index < -0.39 is 0 Å². The second-order valence-electron chi connectivity index (χ2n) is 4.98. The molecule has 1 aromatic carbocycles. The van der Waals surface area contributed by atoms with Crippen molar-refractivity contribution in [2.75, 3.05) is 27.2 Å². The van der Waals surface area contributed by atoms with Gasteiger partial charge in [0, 0.05) is 6.04 Å². The third-order valence-electron chi connectivity index (χ3n) is 3.08. The molecule has 18 heavy (non-hydrogen) atoms. The fourth-order valence-corrected chi connectivity index (χ4v) is 2.05. The largest absolute Gasteiger partial charge is 0.310 e. The molecular weight excluding hydrogens is 227 g/mol. The lowest BCUT2D eigenvalue weighted by Gasteiger charge is -2.18. The van der Waals surface area contributed by atoms with E-state index in [1.807, 2.05) is 6.07 Å². The molecule has 0 heterocycles. The Kier molecular flexibility index (Phi) is 6.91. The van der Waals surface area contributed by atoms with Crippen molar-refractivity contribution >= 4 is 0 Å². The van der Waals surface area contributed by atoms with Crippen molar-refractivity contribution in [1.29, 1.82) is 0 Å². The molecule has 0 aliphatic carbocycles. The van der Waals surface area contributed by atoms with Gasteiger partial charge in [0.15, 0.2) is 0 Å². The molecule has 3 heteroatoms. The first-order valence-corrected chi connectivity index (χ1v) is 6.77. The molecule has 2 nitrogen and oxygen atoms in total. The first-order valence-electron chi connectivity index (χ1n) is 6.77. The van der Waals surface area contributed by atoms with Gasteiger partial charge in [-0.2, -0.15) is 0 Å². The van der Waals surface area contributed by atoms with Crippen LogP contribution >= 0.6 is 0 Å². The third-order valence-corrected chi connectivity index (χ3v) is 3.08. The van der Waals surface area contributed by atoms with Crippen LogP contribution in [0.25, 0.3) is 0 Å². The number of halogens is 1. The van der Waals surface area contributed by atoms with Crippen molar-refractivity contribution in [2.24, 2.45) is 0 Å². The molecule has 0 fully saturated rings. The van der Waals surface area contributed by atoms with Gasteiger partial charge in [0.05, 0.1) is 0 Å². The number of benzene rings is 1. The second kappa shape index (κ2) is 8.22. The normalized spacial score (nSPS) is 12.9. The molecule has 0 saturated carbocycles. The maximum absolute atomic E-state index is 13.2. The fraction of sp³-hybridized carbons (Fsp3) is 0.600. The molecule has 0 spiro atoms. The van der Waals surface area contributed by atoms with Gasteiger partial charge in [-0.1, -0.05) is 19.1 Å². The number of nitrogens with one attached hydrogen (secondary N) is 1. The molecule has 0 aliphatic rings. The zero-order valence-electron chi connectivity index (χ0n) is 11.7. The Morgan fingerprint density at radius 3 is 2.67 bits per heavy atom. The van der Waals surface area contributed by atoms with E-state index in [1.165, 1.54) is 12.5 Å². The summed E-state index contributed by atoms with van der Waals surface area (Å²) in [5, 5.41) is 3.50. The Morgan fingerprint density at radius 2 is 2.06 bits per heavy atom. The SMILES string of the molecule is CCC(NCCCCN(C)C)c1cccc(F)c1. The number of nitrogens with zero attached hydrogens (tertiary/aromatic N) is 1. The van der Waals surface area contributed by atoms with E-state index in [1.54, 1.807) is 12.1 Å². The van der Waals surface area contributed by atoms with Crippen LogP contribution in [0.4, 0.5) is 4.39 Å². The van der Waals surface area contributed by atoms with Crippen molar-refractivity contribution in [3.05, 3.63) is 35.6 Å². The quantitative estimate of drug-likeness (QED) is 0.715. The molecule has 1 aromatic rings. The number of hydrogen-bond donors (Lipinski definition) is 1. The predicted octanol–water partition coefficient (Wildman–Crippen LogP) is 3.21. The zero-order valence-corrected chi connectivity index (χ0v) is 11.7. The fourth-order valence-electron chi connectivity index (χ4n) is 2.05. The van der Waals surface area contributed by atoms with Crippen LogP contribution in [0.2, 0.25) is 0 Å². The summed E-state index contributed by atoms with van der Waals surface area (Å²) < 4.78 is 13.2. The van der Waals surface area contributed by atoms with Crippen molar-refractivity contribution in [2.45, 2.75) is 32.2 Å². The average Bonchev–Trinajstić information content (AvgIpc) is 2.33. The number of unbranched alkanes of at least 4 members (excludes halogenated alkanes) is 1. The van der Waals surface area contributed by atoms with Crippen LogP contribution in [-0.2, 0) is 0 Å². The van der Waals surface area contributed by atoms with Crippen LogP contribution in [0.3, 0.4) is 0 Å². The standard InChI is InChI=1S/C15H25FN2/c1-4-15(13-8-7-9-14(16)12-13)17-10-5-6-11-18(2)3/h7-9,12,15,17H,4-6,10-11H2,1-3H3. The number of rotatable bonds is 8. The number of hydrogen-bond acceptors (Lipinski definition) is 2. The Balaban J connectivity index is 2.34. The molecule has 0 amide bonds. The Bertz CT molecular complexity index is 339. The van der Waals surface area contributed by atoms with Gasteiger partial charge >= 0.3 is 0 Å². The molecule has 0 saturated heterocycles. The molecule has 0 aliphatic heterocycles. The summed E-state index contributed by atoms with van der Waals surface area (Å²) in [6.45, 7) is 4.24. The van der Waals surface area contributed by atoms with Gasteiger partial charge in [-0.3, -0.25) is 0 Å². The van der Waals surface area contributed by atoms with Crippen LogP contribution in [0, 0.1) is 5.82 Å². The van der Waals surface area contributed by atoms with Gasteiger partial charge in [0.1, 0.15) is 5.82 Å².